The van der Waals surface area contributed by atoms with Crippen LogP contribution < -0.4 is 4.90 Å². The van der Waals surface area contributed by atoms with E-state index >= 15 is 0 Å². The van der Waals surface area contributed by atoms with Crippen LogP contribution in [0.1, 0.15) is 20.8 Å². The number of piperazine rings is 1. The van der Waals surface area contributed by atoms with Crippen LogP contribution in [0, 0.1) is 0 Å². The minimum Gasteiger partial charge on any atom is -0.369 e. The zero-order valence-corrected chi connectivity index (χ0v) is 12.4. The maximum absolute atomic E-state index is 3.48. The molecule has 0 N–H and O–H groups in total. The van der Waals surface area contributed by atoms with Crippen LogP contribution in [0.15, 0.2) is 28.7 Å². The van der Waals surface area contributed by atoms with E-state index in [4.69, 9.17) is 0 Å². The van der Waals surface area contributed by atoms with Crippen molar-refractivity contribution in [3.63, 3.8) is 0 Å². The lowest BCUT2D eigenvalue weighted by molar-refractivity contribution is 0.148. The first-order valence-electron chi connectivity index (χ1n) is 6.34. The molecule has 0 bridgehead atoms. The second-order valence-corrected chi connectivity index (χ2v) is 6.02. The molecule has 2 nitrogen and oxygen atoms in total. The first-order chi connectivity index (χ1) is 8.08. The van der Waals surface area contributed by atoms with E-state index < -0.39 is 0 Å². The van der Waals surface area contributed by atoms with Gasteiger partial charge in [-0.2, -0.15) is 0 Å². The summed E-state index contributed by atoms with van der Waals surface area (Å²) in [6.45, 7) is 10.3. The maximum atomic E-state index is 3.48. The molecule has 0 saturated carbocycles. The third-order valence-electron chi connectivity index (χ3n) is 3.53. The minimum atomic E-state index is 0.632. The van der Waals surface area contributed by atoms with E-state index in [2.05, 4.69) is 70.8 Å². The van der Waals surface area contributed by atoms with E-state index in [-0.39, 0.29) is 0 Å². The maximum Gasteiger partial charge on any atom is 0.0367 e. The molecule has 0 spiro atoms. The third-order valence-corrected chi connectivity index (χ3v) is 4.06. The van der Waals surface area contributed by atoms with Gasteiger partial charge in [0.1, 0.15) is 0 Å². The van der Waals surface area contributed by atoms with Gasteiger partial charge in [-0.3, -0.25) is 4.90 Å². The highest BCUT2D eigenvalue weighted by molar-refractivity contribution is 9.10. The lowest BCUT2D eigenvalue weighted by Crippen LogP contribution is -2.54. The normalized spacial score (nSPS) is 22.2. The van der Waals surface area contributed by atoms with E-state index in [1.807, 2.05) is 0 Å². The fourth-order valence-corrected chi connectivity index (χ4v) is 2.89. The van der Waals surface area contributed by atoms with Gasteiger partial charge in [0.15, 0.2) is 0 Å². The molecule has 0 amide bonds. The molecule has 3 heteroatoms. The summed E-state index contributed by atoms with van der Waals surface area (Å²) >= 11 is 3.48. The second-order valence-electron chi connectivity index (χ2n) is 5.10. The second kappa shape index (κ2) is 5.40. The number of halogens is 1. The molecule has 2 rings (SSSR count). The standard InChI is InChI=1S/C14H21BrN2/c1-11(2)17-9-8-16(10-12(17)3)14-6-4-13(15)5-7-14/h4-7,11-12H,8-10H2,1-3H3. The van der Waals surface area contributed by atoms with E-state index in [0.29, 0.717) is 12.1 Å². The van der Waals surface area contributed by atoms with Gasteiger partial charge in [0.25, 0.3) is 0 Å². The van der Waals surface area contributed by atoms with E-state index in [0.717, 1.165) is 24.1 Å². The monoisotopic (exact) mass is 296 g/mol. The molecule has 1 aromatic carbocycles. The summed E-state index contributed by atoms with van der Waals surface area (Å²) < 4.78 is 1.15. The van der Waals surface area contributed by atoms with Gasteiger partial charge in [-0.1, -0.05) is 15.9 Å². The average molecular weight is 297 g/mol. The van der Waals surface area contributed by atoms with Gasteiger partial charge >= 0.3 is 0 Å². The quantitative estimate of drug-likeness (QED) is 0.826. The first-order valence-corrected chi connectivity index (χ1v) is 7.13. The fraction of sp³-hybridized carbons (Fsp3) is 0.571. The van der Waals surface area contributed by atoms with Crippen LogP contribution in [0.25, 0.3) is 0 Å². The molecule has 17 heavy (non-hydrogen) atoms. The number of rotatable bonds is 2. The molecule has 1 aromatic rings. The van der Waals surface area contributed by atoms with Crippen molar-refractivity contribution in [2.45, 2.75) is 32.9 Å². The van der Waals surface area contributed by atoms with Crippen molar-refractivity contribution >= 4 is 21.6 Å². The molecule has 0 aromatic heterocycles. The van der Waals surface area contributed by atoms with Crippen molar-refractivity contribution in [2.24, 2.45) is 0 Å². The van der Waals surface area contributed by atoms with Gasteiger partial charge in [0.2, 0.25) is 0 Å². The summed E-state index contributed by atoms with van der Waals surface area (Å²) in [6.07, 6.45) is 0. The predicted octanol–water partition coefficient (Wildman–Crippen LogP) is 3.37. The molecule has 1 aliphatic heterocycles. The van der Waals surface area contributed by atoms with Crippen LogP contribution in [-0.2, 0) is 0 Å². The Kier molecular flexibility index (Phi) is 4.10. The number of hydrogen-bond donors (Lipinski definition) is 0. The van der Waals surface area contributed by atoms with Crippen LogP contribution in [0.5, 0.6) is 0 Å². The Morgan fingerprint density at radius 1 is 1.18 bits per heavy atom. The van der Waals surface area contributed by atoms with Gasteiger partial charge in [0, 0.05) is 41.9 Å². The molecule has 0 aliphatic carbocycles. The van der Waals surface area contributed by atoms with Crippen LogP contribution in [0.3, 0.4) is 0 Å². The average Bonchev–Trinajstić information content (AvgIpc) is 2.29. The summed E-state index contributed by atoms with van der Waals surface area (Å²) in [5, 5.41) is 0. The van der Waals surface area contributed by atoms with Crippen molar-refractivity contribution in [3.8, 4) is 0 Å². The third kappa shape index (κ3) is 3.02. The summed E-state index contributed by atoms with van der Waals surface area (Å²) in [7, 11) is 0. The SMILES string of the molecule is CC(C)N1CCN(c2ccc(Br)cc2)CC1C. The Labute approximate surface area is 113 Å². The highest BCUT2D eigenvalue weighted by Gasteiger charge is 2.25. The van der Waals surface area contributed by atoms with E-state index in [1.54, 1.807) is 0 Å². The van der Waals surface area contributed by atoms with Crippen molar-refractivity contribution in [3.05, 3.63) is 28.7 Å². The largest absolute Gasteiger partial charge is 0.369 e. The Morgan fingerprint density at radius 2 is 1.82 bits per heavy atom. The summed E-state index contributed by atoms with van der Waals surface area (Å²) in [4.78, 5) is 5.06. The lowest BCUT2D eigenvalue weighted by atomic mass is 10.1. The van der Waals surface area contributed by atoms with Gasteiger partial charge < -0.3 is 4.90 Å². The molecule has 1 unspecified atom stereocenters. The molecular formula is C14H21BrN2. The molecule has 1 heterocycles. The first kappa shape index (κ1) is 12.9. The lowest BCUT2D eigenvalue weighted by Gasteiger charge is -2.43. The summed E-state index contributed by atoms with van der Waals surface area (Å²) in [5.74, 6) is 0. The molecular weight excluding hydrogens is 276 g/mol. The summed E-state index contributed by atoms with van der Waals surface area (Å²) in [6, 6.07) is 9.91. The van der Waals surface area contributed by atoms with Gasteiger partial charge in [-0.15, -0.1) is 0 Å². The Hall–Kier alpha value is -0.540. The Morgan fingerprint density at radius 3 is 2.35 bits per heavy atom. The fourth-order valence-electron chi connectivity index (χ4n) is 2.63. The van der Waals surface area contributed by atoms with Gasteiger partial charge in [-0.05, 0) is 45.0 Å². The Balaban J connectivity index is 2.04. The molecule has 0 radical (unpaired) electrons. The molecule has 1 saturated heterocycles. The van der Waals surface area contributed by atoms with Crippen molar-refractivity contribution in [1.82, 2.24) is 4.90 Å². The number of hydrogen-bond acceptors (Lipinski definition) is 2. The number of benzene rings is 1. The zero-order valence-electron chi connectivity index (χ0n) is 10.9. The van der Waals surface area contributed by atoms with Crippen molar-refractivity contribution in [1.29, 1.82) is 0 Å². The van der Waals surface area contributed by atoms with Crippen LogP contribution in [0.2, 0.25) is 0 Å². The molecule has 1 fully saturated rings. The van der Waals surface area contributed by atoms with Crippen LogP contribution in [-0.4, -0.2) is 36.6 Å². The highest BCUT2D eigenvalue weighted by atomic mass is 79.9. The summed E-state index contributed by atoms with van der Waals surface area (Å²) in [5.41, 5.74) is 1.34. The van der Waals surface area contributed by atoms with Crippen molar-refractivity contribution < 1.29 is 0 Å². The van der Waals surface area contributed by atoms with Crippen LogP contribution >= 0.6 is 15.9 Å². The molecule has 94 valence electrons. The minimum absolute atomic E-state index is 0.632. The number of nitrogens with zero attached hydrogens (tertiary/aromatic N) is 2. The predicted molar refractivity (Wildman–Crippen MR) is 77.7 cm³/mol. The van der Waals surface area contributed by atoms with E-state index in [1.165, 1.54) is 5.69 Å². The highest BCUT2D eigenvalue weighted by Crippen LogP contribution is 2.22. The van der Waals surface area contributed by atoms with Gasteiger partial charge in [0.05, 0.1) is 0 Å². The zero-order chi connectivity index (χ0) is 12.4. The Bertz CT molecular complexity index is 361. The topological polar surface area (TPSA) is 6.48 Å². The van der Waals surface area contributed by atoms with Crippen molar-refractivity contribution in [2.75, 3.05) is 24.5 Å². The molecule has 1 aliphatic rings. The number of anilines is 1. The van der Waals surface area contributed by atoms with Gasteiger partial charge in [-0.25, -0.2) is 0 Å². The van der Waals surface area contributed by atoms with Crippen LogP contribution in [0.4, 0.5) is 5.69 Å². The van der Waals surface area contributed by atoms with E-state index in [9.17, 15) is 0 Å². The smallest absolute Gasteiger partial charge is 0.0367 e. The molecule has 1 atom stereocenters.